The maximum Gasteiger partial charge on any atom is 0.251 e. The minimum atomic E-state index is -0.106. The van der Waals surface area contributed by atoms with E-state index in [1.54, 1.807) is 31.4 Å². The van der Waals surface area contributed by atoms with E-state index in [9.17, 15) is 4.79 Å². The molecule has 0 atom stereocenters. The number of hydrogen-bond acceptors (Lipinski definition) is 3. The first kappa shape index (κ1) is 17.8. The molecule has 3 N–H and O–H groups in total. The van der Waals surface area contributed by atoms with Crippen LogP contribution in [-0.4, -0.2) is 44.7 Å². The number of amides is 1. The summed E-state index contributed by atoms with van der Waals surface area (Å²) in [6, 6.07) is 7.45. The number of nitrogens with zero attached hydrogens (tertiary/aromatic N) is 1. The molecule has 0 heterocycles. The topological polar surface area (TPSA) is 74.8 Å². The zero-order chi connectivity index (χ0) is 17.2. The molecule has 0 aromatic heterocycles. The van der Waals surface area contributed by atoms with E-state index in [1.807, 2.05) is 6.92 Å². The molecule has 1 amide bonds. The molecule has 6 nitrogen and oxygen atoms in total. The molecule has 0 radical (unpaired) electrons. The molecule has 2 rings (SSSR count). The molecule has 0 saturated carbocycles. The molecule has 0 spiro atoms. The van der Waals surface area contributed by atoms with Crippen LogP contribution in [0.2, 0.25) is 0 Å². The molecular weight excluding hydrogens is 304 g/mol. The molecule has 0 fully saturated rings. The van der Waals surface area contributed by atoms with Gasteiger partial charge in [0.15, 0.2) is 5.96 Å². The lowest BCUT2D eigenvalue weighted by atomic mass is 10.2. The molecule has 0 bridgehead atoms. The molecule has 1 aliphatic rings. The summed E-state index contributed by atoms with van der Waals surface area (Å²) < 4.78 is 5.08. The van der Waals surface area contributed by atoms with E-state index in [1.165, 1.54) is 0 Å². The van der Waals surface area contributed by atoms with Crippen molar-refractivity contribution in [3.63, 3.8) is 0 Å². The number of hydrogen-bond donors (Lipinski definition) is 3. The Bertz CT molecular complexity index is 573. The molecule has 1 aliphatic carbocycles. The van der Waals surface area contributed by atoms with Crippen LogP contribution in [0.1, 0.15) is 30.1 Å². The van der Waals surface area contributed by atoms with Gasteiger partial charge in [-0.05, 0) is 44.0 Å². The Balaban J connectivity index is 1.76. The van der Waals surface area contributed by atoms with Crippen molar-refractivity contribution in [1.82, 2.24) is 16.0 Å². The average Bonchev–Trinajstić information content (AvgIpc) is 3.11. The van der Waals surface area contributed by atoms with Gasteiger partial charge in [-0.25, -0.2) is 0 Å². The average molecular weight is 330 g/mol. The van der Waals surface area contributed by atoms with Gasteiger partial charge in [-0.15, -0.1) is 0 Å². The second kappa shape index (κ2) is 9.60. The minimum Gasteiger partial charge on any atom is -0.497 e. The third-order valence-electron chi connectivity index (χ3n) is 3.71. The van der Waals surface area contributed by atoms with Gasteiger partial charge >= 0.3 is 0 Å². The van der Waals surface area contributed by atoms with Gasteiger partial charge in [-0.2, -0.15) is 0 Å². The predicted octanol–water partition coefficient (Wildman–Crippen LogP) is 1.70. The molecule has 1 aromatic carbocycles. The Labute approximate surface area is 143 Å². The van der Waals surface area contributed by atoms with E-state index >= 15 is 0 Å². The van der Waals surface area contributed by atoms with Gasteiger partial charge in [0.1, 0.15) is 5.75 Å². The van der Waals surface area contributed by atoms with Crippen molar-refractivity contribution in [2.75, 3.05) is 26.7 Å². The summed E-state index contributed by atoms with van der Waals surface area (Å²) in [6.07, 6.45) is 6.41. The summed E-state index contributed by atoms with van der Waals surface area (Å²) in [5.74, 6) is 1.43. The third kappa shape index (κ3) is 5.61. The molecule has 0 saturated heterocycles. The first-order chi connectivity index (χ1) is 11.7. The first-order valence-electron chi connectivity index (χ1n) is 8.35. The first-order valence-corrected chi connectivity index (χ1v) is 8.35. The smallest absolute Gasteiger partial charge is 0.251 e. The van der Waals surface area contributed by atoms with Crippen LogP contribution in [0.5, 0.6) is 5.75 Å². The number of benzene rings is 1. The summed E-state index contributed by atoms with van der Waals surface area (Å²) in [6.45, 7) is 3.86. The zero-order valence-electron chi connectivity index (χ0n) is 14.3. The molecule has 6 heteroatoms. The number of methoxy groups -OCH3 is 1. The quantitative estimate of drug-likeness (QED) is 0.308. The van der Waals surface area contributed by atoms with Gasteiger partial charge in [0, 0.05) is 24.7 Å². The molecule has 0 aliphatic heterocycles. The monoisotopic (exact) mass is 330 g/mol. The highest BCUT2D eigenvalue weighted by molar-refractivity contribution is 5.94. The van der Waals surface area contributed by atoms with Gasteiger partial charge < -0.3 is 20.7 Å². The van der Waals surface area contributed by atoms with Gasteiger partial charge in [0.25, 0.3) is 5.91 Å². The van der Waals surface area contributed by atoms with E-state index in [0.717, 1.165) is 31.1 Å². The van der Waals surface area contributed by atoms with Crippen LogP contribution < -0.4 is 20.7 Å². The minimum absolute atomic E-state index is 0.106. The molecular formula is C18H26N4O2. The van der Waals surface area contributed by atoms with E-state index < -0.39 is 0 Å². The highest BCUT2D eigenvalue weighted by Gasteiger charge is 2.11. The van der Waals surface area contributed by atoms with E-state index in [0.29, 0.717) is 24.7 Å². The van der Waals surface area contributed by atoms with Gasteiger partial charge in [0.05, 0.1) is 13.7 Å². The molecule has 130 valence electrons. The van der Waals surface area contributed by atoms with Crippen LogP contribution in [0.4, 0.5) is 0 Å². The highest BCUT2D eigenvalue weighted by Crippen LogP contribution is 2.11. The molecule has 0 unspecified atom stereocenters. The Kier molecular flexibility index (Phi) is 7.14. The van der Waals surface area contributed by atoms with E-state index in [-0.39, 0.29) is 5.91 Å². The number of rotatable bonds is 7. The lowest BCUT2D eigenvalue weighted by Crippen LogP contribution is -2.43. The third-order valence-corrected chi connectivity index (χ3v) is 3.71. The van der Waals surface area contributed by atoms with E-state index in [4.69, 9.17) is 4.74 Å². The Hall–Kier alpha value is -2.50. The van der Waals surface area contributed by atoms with Crippen molar-refractivity contribution in [2.45, 2.75) is 25.8 Å². The lowest BCUT2D eigenvalue weighted by Gasteiger charge is -2.16. The van der Waals surface area contributed by atoms with Crippen molar-refractivity contribution >= 4 is 11.9 Å². The Morgan fingerprint density at radius 2 is 1.92 bits per heavy atom. The van der Waals surface area contributed by atoms with Crippen LogP contribution in [0.25, 0.3) is 0 Å². The number of nitrogens with one attached hydrogen (secondary N) is 3. The molecule has 1 aromatic rings. The normalized spacial score (nSPS) is 14.5. The van der Waals surface area contributed by atoms with Gasteiger partial charge in [-0.1, -0.05) is 12.2 Å². The summed E-state index contributed by atoms with van der Waals surface area (Å²) in [5.41, 5.74) is 0.613. The van der Waals surface area contributed by atoms with Crippen LogP contribution in [-0.2, 0) is 0 Å². The fourth-order valence-corrected chi connectivity index (χ4v) is 2.43. The standard InChI is InChI=1S/C18H26N4O2/c1-3-19-18(22-15-6-4-5-7-15)21-13-12-20-17(23)14-8-10-16(24-2)11-9-14/h4-5,8-11,15H,3,6-7,12-13H2,1-2H3,(H,20,23)(H2,19,21,22). The number of guanidine groups is 1. The summed E-state index contributed by atoms with van der Waals surface area (Å²) in [4.78, 5) is 16.6. The fraction of sp³-hybridized carbons (Fsp3) is 0.444. The van der Waals surface area contributed by atoms with Crippen molar-refractivity contribution in [3.8, 4) is 5.75 Å². The van der Waals surface area contributed by atoms with Crippen molar-refractivity contribution in [3.05, 3.63) is 42.0 Å². The summed E-state index contributed by atoms with van der Waals surface area (Å²) in [5, 5.41) is 9.50. The predicted molar refractivity (Wildman–Crippen MR) is 96.6 cm³/mol. The van der Waals surface area contributed by atoms with E-state index in [2.05, 4.69) is 33.1 Å². The highest BCUT2D eigenvalue weighted by atomic mass is 16.5. The van der Waals surface area contributed by atoms with Crippen LogP contribution >= 0.6 is 0 Å². The maximum atomic E-state index is 12.1. The van der Waals surface area contributed by atoms with Crippen LogP contribution in [0, 0.1) is 0 Å². The van der Waals surface area contributed by atoms with Crippen molar-refractivity contribution < 1.29 is 9.53 Å². The lowest BCUT2D eigenvalue weighted by molar-refractivity contribution is 0.0955. The number of carbonyl (C=O) groups excluding carboxylic acids is 1. The van der Waals surface area contributed by atoms with Crippen molar-refractivity contribution in [1.29, 1.82) is 0 Å². The second-order valence-electron chi connectivity index (χ2n) is 5.53. The number of aliphatic imine (C=N–C) groups is 1. The summed E-state index contributed by atoms with van der Waals surface area (Å²) >= 11 is 0. The number of carbonyl (C=O) groups is 1. The largest absolute Gasteiger partial charge is 0.497 e. The van der Waals surface area contributed by atoms with Gasteiger partial charge in [0.2, 0.25) is 0 Å². The summed E-state index contributed by atoms with van der Waals surface area (Å²) in [7, 11) is 1.60. The Morgan fingerprint density at radius 1 is 1.21 bits per heavy atom. The zero-order valence-corrected chi connectivity index (χ0v) is 14.3. The molecule has 24 heavy (non-hydrogen) atoms. The maximum absolute atomic E-state index is 12.1. The fourth-order valence-electron chi connectivity index (χ4n) is 2.43. The van der Waals surface area contributed by atoms with Crippen LogP contribution in [0.15, 0.2) is 41.4 Å². The Morgan fingerprint density at radius 3 is 2.54 bits per heavy atom. The van der Waals surface area contributed by atoms with Gasteiger partial charge in [-0.3, -0.25) is 9.79 Å². The SMILES string of the molecule is CCNC(=NCCNC(=O)c1ccc(OC)cc1)NC1CC=CC1. The van der Waals surface area contributed by atoms with Crippen molar-refractivity contribution in [2.24, 2.45) is 4.99 Å². The second-order valence-corrected chi connectivity index (χ2v) is 5.53. The van der Waals surface area contributed by atoms with Crippen LogP contribution in [0.3, 0.4) is 0 Å². The number of ether oxygens (including phenoxy) is 1.